The molecule has 5 heteroatoms. The Morgan fingerprint density at radius 2 is 0.615 bits per heavy atom. The summed E-state index contributed by atoms with van der Waals surface area (Å²) in [5, 5.41) is 4.36. The van der Waals surface area contributed by atoms with Gasteiger partial charge in [-0.05, 0) is 121 Å². The third kappa shape index (κ3) is 6.93. The van der Waals surface area contributed by atoms with Gasteiger partial charge in [-0.2, -0.15) is 0 Å². The van der Waals surface area contributed by atoms with Gasteiger partial charge in [0.25, 0.3) is 0 Å². The Hall–Kier alpha value is -8.80. The fraction of sp³-hybridized carbons (Fsp3) is 0. The number of anilines is 9. The van der Waals surface area contributed by atoms with Crippen LogP contribution in [0.2, 0.25) is 0 Å². The molecule has 0 atom stereocenters. The summed E-state index contributed by atoms with van der Waals surface area (Å²) in [5.74, 6) is 0. The molecule has 308 valence electrons. The Kier molecular flexibility index (Phi) is 9.42. The normalized spacial score (nSPS) is 11.4. The summed E-state index contributed by atoms with van der Waals surface area (Å²) in [6.07, 6.45) is 0. The lowest BCUT2D eigenvalue weighted by Crippen LogP contribution is -2.14. The molecule has 12 aromatic rings. The minimum atomic E-state index is 0.851. The van der Waals surface area contributed by atoms with Crippen molar-refractivity contribution in [2.24, 2.45) is 0 Å². The van der Waals surface area contributed by atoms with Gasteiger partial charge in [-0.1, -0.05) is 133 Å². The molecule has 10 aromatic carbocycles. The average molecular weight is 836 g/mol. The third-order valence-electron chi connectivity index (χ3n) is 12.2. The van der Waals surface area contributed by atoms with Gasteiger partial charge in [0, 0.05) is 78.3 Å². The van der Waals surface area contributed by atoms with E-state index < -0.39 is 0 Å². The zero-order valence-corrected chi connectivity index (χ0v) is 35.3. The molecule has 5 nitrogen and oxygen atoms in total. The number of para-hydroxylation sites is 6. The second kappa shape index (κ2) is 16.2. The first-order chi connectivity index (χ1) is 32.2. The standard InChI is InChI=1S/C60H41N3O2/c1-4-19-43(20-5-1)61(44-21-6-2-7-22-44)47-26-15-27-48(39-47)62(45-23-8-3-9-24-45)49-28-16-29-50(40-49)63(51-36-37-59-56(41-51)54-31-11-12-34-57(54)64-59)46-25-14-18-42(38-46)52-32-17-33-55-53-30-10-13-35-58(53)65-60(52)55/h1-41H. The predicted octanol–water partition coefficient (Wildman–Crippen LogP) is 17.6. The molecule has 0 aliphatic carbocycles. The molecule has 2 aromatic heterocycles. The quantitative estimate of drug-likeness (QED) is 0.137. The van der Waals surface area contributed by atoms with E-state index >= 15 is 0 Å². The van der Waals surface area contributed by atoms with E-state index in [-0.39, 0.29) is 0 Å². The molecule has 0 radical (unpaired) electrons. The van der Waals surface area contributed by atoms with Crippen molar-refractivity contribution in [3.05, 3.63) is 249 Å². The number of hydrogen-bond acceptors (Lipinski definition) is 5. The van der Waals surface area contributed by atoms with E-state index in [0.717, 1.165) is 106 Å². The van der Waals surface area contributed by atoms with Crippen LogP contribution in [0.4, 0.5) is 51.2 Å². The molecule has 0 N–H and O–H groups in total. The molecule has 0 aliphatic heterocycles. The Bertz CT molecular complexity index is 3600. The Morgan fingerprint density at radius 1 is 0.231 bits per heavy atom. The monoisotopic (exact) mass is 835 g/mol. The minimum Gasteiger partial charge on any atom is -0.456 e. The van der Waals surface area contributed by atoms with Crippen LogP contribution >= 0.6 is 0 Å². The van der Waals surface area contributed by atoms with Crippen molar-refractivity contribution in [2.75, 3.05) is 14.7 Å². The molecule has 0 aliphatic rings. The molecular formula is C60H41N3O2. The molecule has 0 saturated carbocycles. The first-order valence-electron chi connectivity index (χ1n) is 21.9. The van der Waals surface area contributed by atoms with Crippen LogP contribution in [0.1, 0.15) is 0 Å². The third-order valence-corrected chi connectivity index (χ3v) is 12.2. The van der Waals surface area contributed by atoms with Crippen LogP contribution in [-0.2, 0) is 0 Å². The van der Waals surface area contributed by atoms with Crippen molar-refractivity contribution in [3.8, 4) is 11.1 Å². The first kappa shape index (κ1) is 37.9. The fourth-order valence-corrected chi connectivity index (χ4v) is 9.26. The molecular weight excluding hydrogens is 795 g/mol. The summed E-state index contributed by atoms with van der Waals surface area (Å²) in [6, 6.07) is 87.5. The summed E-state index contributed by atoms with van der Waals surface area (Å²) < 4.78 is 12.9. The molecule has 0 unspecified atom stereocenters. The number of rotatable bonds is 10. The molecule has 0 amide bonds. The van der Waals surface area contributed by atoms with Gasteiger partial charge in [0.05, 0.1) is 0 Å². The maximum absolute atomic E-state index is 6.55. The van der Waals surface area contributed by atoms with E-state index in [9.17, 15) is 0 Å². The Labute approximate surface area is 376 Å². The van der Waals surface area contributed by atoms with Gasteiger partial charge in [0.15, 0.2) is 0 Å². The largest absolute Gasteiger partial charge is 0.456 e. The first-order valence-corrected chi connectivity index (χ1v) is 21.9. The lowest BCUT2D eigenvalue weighted by molar-refractivity contribution is 0.669. The van der Waals surface area contributed by atoms with Gasteiger partial charge < -0.3 is 23.5 Å². The fourth-order valence-electron chi connectivity index (χ4n) is 9.26. The van der Waals surface area contributed by atoms with Crippen LogP contribution < -0.4 is 14.7 Å². The van der Waals surface area contributed by atoms with Gasteiger partial charge >= 0.3 is 0 Å². The van der Waals surface area contributed by atoms with Crippen molar-refractivity contribution in [3.63, 3.8) is 0 Å². The van der Waals surface area contributed by atoms with E-state index in [1.54, 1.807) is 0 Å². The second-order valence-electron chi connectivity index (χ2n) is 16.2. The van der Waals surface area contributed by atoms with E-state index in [1.165, 1.54) is 0 Å². The van der Waals surface area contributed by atoms with Gasteiger partial charge in [-0.3, -0.25) is 0 Å². The molecule has 0 fully saturated rings. The van der Waals surface area contributed by atoms with Crippen LogP contribution in [0.15, 0.2) is 258 Å². The SMILES string of the molecule is c1ccc(N(c2ccccc2)c2cccc(N(c3ccccc3)c3cccc(N(c4cccc(-c5cccc6c5oc5ccccc56)c4)c4ccc5oc6ccccc6c5c4)c3)c2)cc1. The molecule has 0 spiro atoms. The van der Waals surface area contributed by atoms with E-state index in [0.29, 0.717) is 0 Å². The number of benzene rings is 10. The summed E-state index contributed by atoms with van der Waals surface area (Å²) in [4.78, 5) is 6.99. The maximum Gasteiger partial charge on any atom is 0.143 e. The van der Waals surface area contributed by atoms with Crippen LogP contribution in [-0.4, -0.2) is 0 Å². The van der Waals surface area contributed by atoms with Gasteiger partial charge in [-0.25, -0.2) is 0 Å². The average Bonchev–Trinajstić information content (AvgIpc) is 3.94. The van der Waals surface area contributed by atoms with E-state index in [4.69, 9.17) is 8.83 Å². The lowest BCUT2D eigenvalue weighted by Gasteiger charge is -2.31. The van der Waals surface area contributed by atoms with Crippen LogP contribution in [0, 0.1) is 0 Å². The van der Waals surface area contributed by atoms with Gasteiger partial charge in [-0.15, -0.1) is 0 Å². The van der Waals surface area contributed by atoms with Gasteiger partial charge in [0.1, 0.15) is 22.3 Å². The van der Waals surface area contributed by atoms with Crippen LogP contribution in [0.3, 0.4) is 0 Å². The molecule has 2 heterocycles. The van der Waals surface area contributed by atoms with Crippen molar-refractivity contribution >= 4 is 95.1 Å². The highest BCUT2D eigenvalue weighted by Crippen LogP contribution is 2.45. The van der Waals surface area contributed by atoms with E-state index in [1.807, 2.05) is 24.3 Å². The Morgan fingerprint density at radius 3 is 1.20 bits per heavy atom. The molecule has 65 heavy (non-hydrogen) atoms. The zero-order chi connectivity index (χ0) is 43.1. The van der Waals surface area contributed by atoms with Crippen molar-refractivity contribution < 1.29 is 8.83 Å². The van der Waals surface area contributed by atoms with Gasteiger partial charge in [0.2, 0.25) is 0 Å². The van der Waals surface area contributed by atoms with Crippen LogP contribution in [0.5, 0.6) is 0 Å². The maximum atomic E-state index is 6.55. The number of hydrogen-bond donors (Lipinski definition) is 0. The number of furan rings is 2. The van der Waals surface area contributed by atoms with Crippen LogP contribution in [0.25, 0.3) is 55.0 Å². The second-order valence-corrected chi connectivity index (χ2v) is 16.2. The highest BCUT2D eigenvalue weighted by molar-refractivity contribution is 6.10. The zero-order valence-electron chi connectivity index (χ0n) is 35.3. The topological polar surface area (TPSA) is 36.0 Å². The lowest BCUT2D eigenvalue weighted by atomic mass is 10.0. The van der Waals surface area contributed by atoms with Crippen molar-refractivity contribution in [2.45, 2.75) is 0 Å². The smallest absolute Gasteiger partial charge is 0.143 e. The van der Waals surface area contributed by atoms with Crippen molar-refractivity contribution in [1.29, 1.82) is 0 Å². The Balaban J connectivity index is 1.03. The molecule has 12 rings (SSSR count). The highest BCUT2D eigenvalue weighted by Gasteiger charge is 2.21. The summed E-state index contributed by atoms with van der Waals surface area (Å²) in [7, 11) is 0. The summed E-state index contributed by atoms with van der Waals surface area (Å²) in [6.45, 7) is 0. The summed E-state index contributed by atoms with van der Waals surface area (Å²) in [5.41, 5.74) is 14.9. The predicted molar refractivity (Wildman–Crippen MR) is 270 cm³/mol. The molecule has 0 saturated heterocycles. The highest BCUT2D eigenvalue weighted by atomic mass is 16.3. The minimum absolute atomic E-state index is 0.851. The number of fused-ring (bicyclic) bond motifs is 6. The van der Waals surface area contributed by atoms with E-state index in [2.05, 4.69) is 239 Å². The van der Waals surface area contributed by atoms with Crippen molar-refractivity contribution in [1.82, 2.24) is 0 Å². The molecule has 0 bridgehead atoms. The number of nitrogens with zero attached hydrogens (tertiary/aromatic N) is 3. The summed E-state index contributed by atoms with van der Waals surface area (Å²) >= 11 is 0.